The molecule has 2 aliphatic rings. The summed E-state index contributed by atoms with van der Waals surface area (Å²) in [5.41, 5.74) is 1.10. The average molecular weight is 305 g/mol. The summed E-state index contributed by atoms with van der Waals surface area (Å²) in [4.78, 5) is 3.46. The molecule has 21 heavy (non-hydrogen) atoms. The lowest BCUT2D eigenvalue weighted by Crippen LogP contribution is -2.32. The molecule has 0 amide bonds. The van der Waals surface area contributed by atoms with Crippen LogP contribution in [0.4, 0.5) is 0 Å². The molecule has 4 heteroatoms. The van der Waals surface area contributed by atoms with Crippen molar-refractivity contribution in [2.75, 3.05) is 13.1 Å². The lowest BCUT2D eigenvalue weighted by Gasteiger charge is -2.35. The quantitative estimate of drug-likeness (QED) is 0.835. The van der Waals surface area contributed by atoms with E-state index in [4.69, 9.17) is 0 Å². The zero-order valence-corrected chi connectivity index (χ0v) is 13.2. The monoisotopic (exact) mass is 305 g/mol. The van der Waals surface area contributed by atoms with Crippen molar-refractivity contribution < 1.29 is 8.42 Å². The molecule has 0 spiro atoms. The maximum Gasteiger partial charge on any atom is 0.204 e. The van der Waals surface area contributed by atoms with E-state index in [9.17, 15) is 8.42 Å². The van der Waals surface area contributed by atoms with Gasteiger partial charge in [-0.2, -0.15) is 0 Å². The summed E-state index contributed by atoms with van der Waals surface area (Å²) < 4.78 is 25.9. The van der Waals surface area contributed by atoms with Gasteiger partial charge in [0.15, 0.2) is 0 Å². The first kappa shape index (κ1) is 14.6. The van der Waals surface area contributed by atoms with Gasteiger partial charge in [-0.05, 0) is 44.2 Å². The van der Waals surface area contributed by atoms with E-state index in [-0.39, 0.29) is 0 Å². The third kappa shape index (κ3) is 3.00. The van der Waals surface area contributed by atoms with Crippen LogP contribution in [0.2, 0.25) is 0 Å². The second-order valence-electron chi connectivity index (χ2n) is 5.94. The van der Waals surface area contributed by atoms with Crippen molar-refractivity contribution in [3.63, 3.8) is 0 Å². The van der Waals surface area contributed by atoms with Gasteiger partial charge in [0.25, 0.3) is 0 Å². The predicted octanol–water partition coefficient (Wildman–Crippen LogP) is 3.73. The lowest BCUT2D eigenvalue weighted by atomic mass is 10.0. The molecule has 0 radical (unpaired) electrons. The van der Waals surface area contributed by atoms with Gasteiger partial charge in [0.2, 0.25) is 9.84 Å². The van der Waals surface area contributed by atoms with E-state index < -0.39 is 9.84 Å². The smallest absolute Gasteiger partial charge is 0.204 e. The minimum atomic E-state index is -3.32. The summed E-state index contributed by atoms with van der Waals surface area (Å²) >= 11 is 0. The molecule has 0 saturated carbocycles. The van der Waals surface area contributed by atoms with Crippen LogP contribution in [0.3, 0.4) is 0 Å². The van der Waals surface area contributed by atoms with Gasteiger partial charge in [0, 0.05) is 18.8 Å². The van der Waals surface area contributed by atoms with E-state index in [1.54, 1.807) is 24.3 Å². The van der Waals surface area contributed by atoms with Gasteiger partial charge in [0.1, 0.15) is 0 Å². The number of hydrogen-bond acceptors (Lipinski definition) is 3. The zero-order chi connectivity index (χ0) is 14.7. The Bertz CT molecular complexity index is 619. The second kappa shape index (κ2) is 6.22. The number of benzene rings is 1. The van der Waals surface area contributed by atoms with Gasteiger partial charge in [-0.15, -0.1) is 0 Å². The Hall–Kier alpha value is -1.29. The molecule has 0 atom stereocenters. The molecular formula is C17H23NO2S. The minimum absolute atomic E-state index is 0.441. The molecule has 2 aliphatic heterocycles. The van der Waals surface area contributed by atoms with Crippen molar-refractivity contribution >= 4 is 9.84 Å². The van der Waals surface area contributed by atoms with Crippen LogP contribution < -0.4 is 0 Å². The van der Waals surface area contributed by atoms with Crippen molar-refractivity contribution in [1.82, 2.24) is 4.90 Å². The van der Waals surface area contributed by atoms with Gasteiger partial charge in [-0.1, -0.05) is 31.0 Å². The van der Waals surface area contributed by atoms with Crippen LogP contribution in [0.1, 0.15) is 44.9 Å². The van der Waals surface area contributed by atoms with Crippen molar-refractivity contribution in [2.45, 2.75) is 49.8 Å². The molecule has 0 aromatic heterocycles. The van der Waals surface area contributed by atoms with E-state index >= 15 is 0 Å². The average Bonchev–Trinajstić information content (AvgIpc) is 2.48. The third-order valence-corrected chi connectivity index (χ3v) is 6.49. The van der Waals surface area contributed by atoms with Crippen LogP contribution in [-0.4, -0.2) is 26.4 Å². The molecule has 1 fully saturated rings. The summed E-state index contributed by atoms with van der Waals surface area (Å²) in [7, 11) is -3.32. The minimum Gasteiger partial charge on any atom is -0.374 e. The van der Waals surface area contributed by atoms with Crippen molar-refractivity contribution in [3.05, 3.63) is 40.9 Å². The molecule has 0 N–H and O–H groups in total. The Labute approximate surface area is 127 Å². The molecule has 1 aromatic rings. The molecule has 3 rings (SSSR count). The highest BCUT2D eigenvalue weighted by atomic mass is 32.2. The Morgan fingerprint density at radius 1 is 0.810 bits per heavy atom. The largest absolute Gasteiger partial charge is 0.374 e. The van der Waals surface area contributed by atoms with Crippen molar-refractivity contribution in [1.29, 1.82) is 0 Å². The molecular weight excluding hydrogens is 282 g/mol. The standard InChI is InChI=1S/C17H23NO2S/c19-21(20,15-9-4-3-5-10-15)17-12-8-14-18-13-7-2-1-6-11-16(17)18/h3-5,9-10H,1-2,6-8,11-14H2. The number of nitrogens with zero attached hydrogens (tertiary/aromatic N) is 1. The van der Waals surface area contributed by atoms with E-state index in [2.05, 4.69) is 4.90 Å². The van der Waals surface area contributed by atoms with Gasteiger partial charge in [0.05, 0.1) is 9.80 Å². The zero-order valence-electron chi connectivity index (χ0n) is 12.4. The number of rotatable bonds is 2. The summed E-state index contributed by atoms with van der Waals surface area (Å²) in [6.45, 7) is 2.03. The van der Waals surface area contributed by atoms with E-state index in [1.807, 2.05) is 6.07 Å². The molecule has 1 saturated heterocycles. The predicted molar refractivity (Wildman–Crippen MR) is 84.5 cm³/mol. The fraction of sp³-hybridized carbons (Fsp3) is 0.529. The Balaban J connectivity index is 2.03. The highest BCUT2D eigenvalue weighted by Crippen LogP contribution is 2.34. The number of hydrogen-bond donors (Lipinski definition) is 0. The third-order valence-electron chi connectivity index (χ3n) is 4.50. The summed E-state index contributed by atoms with van der Waals surface area (Å²) in [5.74, 6) is 0. The Morgan fingerprint density at radius 2 is 1.52 bits per heavy atom. The lowest BCUT2D eigenvalue weighted by molar-refractivity contribution is 0.285. The Kier molecular flexibility index (Phi) is 4.34. The number of sulfone groups is 1. The first-order valence-electron chi connectivity index (χ1n) is 7.97. The van der Waals surface area contributed by atoms with E-state index in [0.29, 0.717) is 16.2 Å². The van der Waals surface area contributed by atoms with E-state index in [0.717, 1.165) is 38.0 Å². The van der Waals surface area contributed by atoms with Gasteiger partial charge in [-0.25, -0.2) is 8.42 Å². The molecule has 0 bridgehead atoms. The second-order valence-corrected chi connectivity index (χ2v) is 7.91. The van der Waals surface area contributed by atoms with Gasteiger partial charge < -0.3 is 4.90 Å². The van der Waals surface area contributed by atoms with Crippen molar-refractivity contribution in [3.8, 4) is 0 Å². The highest BCUT2D eigenvalue weighted by Gasteiger charge is 2.29. The maximum absolute atomic E-state index is 13.0. The van der Waals surface area contributed by atoms with Gasteiger partial charge in [-0.3, -0.25) is 0 Å². The summed E-state index contributed by atoms with van der Waals surface area (Å²) in [5, 5.41) is 0. The van der Waals surface area contributed by atoms with Gasteiger partial charge >= 0.3 is 0 Å². The number of allylic oxidation sites excluding steroid dienone is 2. The summed E-state index contributed by atoms with van der Waals surface area (Å²) in [6.07, 6.45) is 7.34. The molecule has 1 aromatic carbocycles. The van der Waals surface area contributed by atoms with E-state index in [1.165, 1.54) is 19.3 Å². The fourth-order valence-corrected chi connectivity index (χ4v) is 5.16. The first-order chi connectivity index (χ1) is 10.2. The molecule has 0 aliphatic carbocycles. The molecule has 0 unspecified atom stereocenters. The van der Waals surface area contributed by atoms with Crippen LogP contribution in [0.15, 0.2) is 45.8 Å². The van der Waals surface area contributed by atoms with Crippen LogP contribution in [0.25, 0.3) is 0 Å². The summed E-state index contributed by atoms with van der Waals surface area (Å²) in [6, 6.07) is 8.89. The topological polar surface area (TPSA) is 37.4 Å². The molecule has 2 heterocycles. The maximum atomic E-state index is 13.0. The normalized spacial score (nSPS) is 20.7. The fourth-order valence-electron chi connectivity index (χ4n) is 3.41. The highest BCUT2D eigenvalue weighted by molar-refractivity contribution is 7.95. The van der Waals surface area contributed by atoms with Crippen LogP contribution in [0, 0.1) is 0 Å². The van der Waals surface area contributed by atoms with Crippen LogP contribution >= 0.6 is 0 Å². The van der Waals surface area contributed by atoms with Crippen LogP contribution in [0.5, 0.6) is 0 Å². The Morgan fingerprint density at radius 3 is 2.33 bits per heavy atom. The molecule has 114 valence electrons. The SMILES string of the molecule is O=S(=O)(C1=C2CCCCCCN2CCC1)c1ccccc1. The van der Waals surface area contributed by atoms with Crippen molar-refractivity contribution in [2.24, 2.45) is 0 Å². The first-order valence-corrected chi connectivity index (χ1v) is 9.45. The van der Waals surface area contributed by atoms with Crippen LogP contribution in [-0.2, 0) is 9.84 Å². The molecule has 3 nitrogen and oxygen atoms in total. The number of fused-ring (bicyclic) bond motifs is 1.